The van der Waals surface area contributed by atoms with Gasteiger partial charge in [0.25, 0.3) is 0 Å². The molecule has 122 valence electrons. The van der Waals surface area contributed by atoms with Crippen molar-refractivity contribution in [3.63, 3.8) is 0 Å². The normalized spacial score (nSPS) is 19.4. The number of hydrogen-bond donors (Lipinski definition) is 2. The third kappa shape index (κ3) is 4.24. The summed E-state index contributed by atoms with van der Waals surface area (Å²) in [6.45, 7) is 1.23. The Hall–Kier alpha value is -2.05. The van der Waals surface area contributed by atoms with Crippen molar-refractivity contribution < 1.29 is 9.53 Å². The second-order valence-corrected chi connectivity index (χ2v) is 6.00. The van der Waals surface area contributed by atoms with Crippen LogP contribution in [0.3, 0.4) is 0 Å². The minimum atomic E-state index is -0.239. The summed E-state index contributed by atoms with van der Waals surface area (Å²) in [6.07, 6.45) is 2.73. The number of halogens is 1. The number of nitrogens with zero attached hydrogens (tertiary/aromatic N) is 2. The minimum Gasteiger partial charge on any atom is -0.383 e. The molecule has 0 saturated heterocycles. The van der Waals surface area contributed by atoms with Gasteiger partial charge in [-0.1, -0.05) is 23.7 Å². The number of ether oxygens (including phenoxy) is 1. The van der Waals surface area contributed by atoms with E-state index in [1.165, 1.54) is 0 Å². The predicted molar refractivity (Wildman–Crippen MR) is 88.9 cm³/mol. The Kier molecular flexibility index (Phi) is 4.83. The van der Waals surface area contributed by atoms with Gasteiger partial charge in [-0.2, -0.15) is 5.10 Å². The fraction of sp³-hybridized carbons (Fsp3) is 0.375. The second kappa shape index (κ2) is 7.02. The largest absolute Gasteiger partial charge is 0.383 e. The first-order valence-corrected chi connectivity index (χ1v) is 7.89. The van der Waals surface area contributed by atoms with E-state index in [1.54, 1.807) is 24.1 Å². The molecule has 0 bridgehead atoms. The Morgan fingerprint density at radius 1 is 1.48 bits per heavy atom. The number of rotatable bonds is 6. The zero-order valence-corrected chi connectivity index (χ0v) is 13.6. The average molecular weight is 335 g/mol. The lowest BCUT2D eigenvalue weighted by Crippen LogP contribution is -2.31. The van der Waals surface area contributed by atoms with Crippen molar-refractivity contribution in [3.8, 4) is 0 Å². The van der Waals surface area contributed by atoms with Crippen molar-refractivity contribution in [2.24, 2.45) is 0 Å². The summed E-state index contributed by atoms with van der Waals surface area (Å²) >= 11 is 6.00. The van der Waals surface area contributed by atoms with Crippen LogP contribution in [0.2, 0.25) is 5.02 Å². The van der Waals surface area contributed by atoms with Gasteiger partial charge < -0.3 is 10.1 Å². The molecular weight excluding hydrogens is 316 g/mol. The fourth-order valence-electron chi connectivity index (χ4n) is 2.52. The Bertz CT molecular complexity index is 688. The lowest BCUT2D eigenvalue weighted by molar-refractivity contribution is 0.183. The van der Waals surface area contributed by atoms with Crippen LogP contribution < -0.4 is 10.6 Å². The van der Waals surface area contributed by atoms with E-state index in [0.717, 1.165) is 17.0 Å². The topological polar surface area (TPSA) is 68.2 Å². The highest BCUT2D eigenvalue weighted by atomic mass is 35.5. The molecule has 3 rings (SSSR count). The highest BCUT2D eigenvalue weighted by Crippen LogP contribution is 2.41. The Morgan fingerprint density at radius 3 is 3.13 bits per heavy atom. The van der Waals surface area contributed by atoms with Crippen LogP contribution in [-0.4, -0.2) is 35.6 Å². The molecule has 7 heteroatoms. The number of methoxy groups -OCH3 is 1. The fourth-order valence-corrected chi connectivity index (χ4v) is 2.72. The third-order valence-corrected chi connectivity index (χ3v) is 4.03. The molecule has 1 heterocycles. The molecule has 1 saturated carbocycles. The van der Waals surface area contributed by atoms with Crippen molar-refractivity contribution in [1.82, 2.24) is 15.1 Å². The lowest BCUT2D eigenvalue weighted by atomic mass is 10.1. The second-order valence-electron chi connectivity index (χ2n) is 5.56. The standard InChI is InChI=1S/C16H19ClN4O2/c1-23-8-7-21-6-5-15(20-21)19-16(22)18-14-10-13(14)11-3-2-4-12(17)9-11/h2-6,9,13-14H,7-8,10H2,1H3,(H2,18,19,20,22)/t13-,14-/m1/s1. The van der Waals surface area contributed by atoms with E-state index in [-0.39, 0.29) is 12.1 Å². The van der Waals surface area contributed by atoms with Crippen LogP contribution in [0, 0.1) is 0 Å². The number of nitrogens with one attached hydrogen (secondary N) is 2. The summed E-state index contributed by atoms with van der Waals surface area (Å²) in [7, 11) is 1.64. The van der Waals surface area contributed by atoms with Crippen LogP contribution in [0.1, 0.15) is 17.9 Å². The molecule has 0 aliphatic heterocycles. The smallest absolute Gasteiger partial charge is 0.320 e. The molecule has 1 aromatic heterocycles. The van der Waals surface area contributed by atoms with Crippen molar-refractivity contribution in [1.29, 1.82) is 0 Å². The molecular formula is C16H19ClN4O2. The summed E-state index contributed by atoms with van der Waals surface area (Å²) in [5.74, 6) is 0.859. The molecule has 6 nitrogen and oxygen atoms in total. The molecule has 0 spiro atoms. The number of carbonyl (C=O) groups is 1. The van der Waals surface area contributed by atoms with Gasteiger partial charge in [-0.3, -0.25) is 10.00 Å². The molecule has 1 aliphatic carbocycles. The average Bonchev–Trinajstić information content (AvgIpc) is 3.14. The zero-order chi connectivity index (χ0) is 16.2. The molecule has 1 aromatic carbocycles. The monoisotopic (exact) mass is 334 g/mol. The van der Waals surface area contributed by atoms with Crippen LogP contribution >= 0.6 is 11.6 Å². The van der Waals surface area contributed by atoms with Gasteiger partial charge in [0.05, 0.1) is 13.2 Å². The Morgan fingerprint density at radius 2 is 2.35 bits per heavy atom. The number of aromatic nitrogens is 2. The van der Waals surface area contributed by atoms with E-state index in [1.807, 2.05) is 24.3 Å². The Labute approximate surface area is 139 Å². The van der Waals surface area contributed by atoms with Gasteiger partial charge in [0.2, 0.25) is 0 Å². The maximum Gasteiger partial charge on any atom is 0.320 e. The van der Waals surface area contributed by atoms with Gasteiger partial charge >= 0.3 is 6.03 Å². The van der Waals surface area contributed by atoms with E-state index in [2.05, 4.69) is 15.7 Å². The van der Waals surface area contributed by atoms with Gasteiger partial charge in [0.15, 0.2) is 5.82 Å². The quantitative estimate of drug-likeness (QED) is 0.853. The van der Waals surface area contributed by atoms with Crippen LogP contribution in [0.25, 0.3) is 0 Å². The summed E-state index contributed by atoms with van der Waals surface area (Å²) in [6, 6.07) is 9.43. The molecule has 0 radical (unpaired) electrons. The molecule has 23 heavy (non-hydrogen) atoms. The van der Waals surface area contributed by atoms with Gasteiger partial charge in [-0.25, -0.2) is 4.79 Å². The highest BCUT2D eigenvalue weighted by molar-refractivity contribution is 6.30. The maximum atomic E-state index is 12.0. The van der Waals surface area contributed by atoms with E-state index in [0.29, 0.717) is 24.9 Å². The molecule has 1 fully saturated rings. The Balaban J connectivity index is 1.48. The van der Waals surface area contributed by atoms with Crippen LogP contribution in [-0.2, 0) is 11.3 Å². The van der Waals surface area contributed by atoms with Gasteiger partial charge in [-0.05, 0) is 24.1 Å². The summed E-state index contributed by atoms with van der Waals surface area (Å²) in [5, 5.41) is 10.7. The predicted octanol–water partition coefficient (Wildman–Crippen LogP) is 2.86. The first-order valence-electron chi connectivity index (χ1n) is 7.51. The first-order chi connectivity index (χ1) is 11.2. The van der Waals surface area contributed by atoms with Gasteiger partial charge in [0, 0.05) is 36.4 Å². The van der Waals surface area contributed by atoms with Crippen molar-refractivity contribution in [2.75, 3.05) is 19.0 Å². The summed E-state index contributed by atoms with van der Waals surface area (Å²) in [5.41, 5.74) is 1.16. The SMILES string of the molecule is COCCn1ccc(NC(=O)N[C@@H]2C[C@@H]2c2cccc(Cl)c2)n1. The zero-order valence-electron chi connectivity index (χ0n) is 12.8. The third-order valence-electron chi connectivity index (χ3n) is 3.79. The molecule has 2 amide bonds. The first kappa shape index (κ1) is 15.8. The lowest BCUT2D eigenvalue weighted by Gasteiger charge is -2.06. The van der Waals surface area contributed by atoms with Crippen LogP contribution in [0.4, 0.5) is 10.6 Å². The molecule has 0 unspecified atom stereocenters. The van der Waals surface area contributed by atoms with Crippen LogP contribution in [0.5, 0.6) is 0 Å². The van der Waals surface area contributed by atoms with Crippen molar-refractivity contribution >= 4 is 23.4 Å². The van der Waals surface area contributed by atoms with Gasteiger partial charge in [-0.15, -0.1) is 0 Å². The maximum absolute atomic E-state index is 12.0. The summed E-state index contributed by atoms with van der Waals surface area (Å²) < 4.78 is 6.72. The number of hydrogen-bond acceptors (Lipinski definition) is 3. The highest BCUT2D eigenvalue weighted by Gasteiger charge is 2.39. The van der Waals surface area contributed by atoms with Crippen molar-refractivity contribution in [3.05, 3.63) is 47.1 Å². The number of benzene rings is 1. The molecule has 2 atom stereocenters. The number of carbonyl (C=O) groups excluding carboxylic acids is 1. The number of amides is 2. The van der Waals surface area contributed by atoms with Crippen LogP contribution in [0.15, 0.2) is 36.5 Å². The van der Waals surface area contributed by atoms with Crippen molar-refractivity contribution in [2.45, 2.75) is 24.9 Å². The van der Waals surface area contributed by atoms with E-state index >= 15 is 0 Å². The minimum absolute atomic E-state index is 0.143. The van der Waals surface area contributed by atoms with E-state index in [4.69, 9.17) is 16.3 Å². The van der Waals surface area contributed by atoms with E-state index < -0.39 is 0 Å². The summed E-state index contributed by atoms with van der Waals surface area (Å²) in [4.78, 5) is 12.0. The molecule has 1 aliphatic rings. The number of urea groups is 1. The molecule has 2 N–H and O–H groups in total. The molecule has 2 aromatic rings. The number of anilines is 1. The van der Waals surface area contributed by atoms with E-state index in [9.17, 15) is 4.79 Å². The van der Waals surface area contributed by atoms with Gasteiger partial charge in [0.1, 0.15) is 0 Å².